The van der Waals surface area contributed by atoms with Gasteiger partial charge in [-0.15, -0.1) is 0 Å². The number of hydrogen-bond donors (Lipinski definition) is 3. The van der Waals surface area contributed by atoms with Crippen LogP contribution in [0, 0.1) is 6.92 Å². The molecule has 0 aliphatic heterocycles. The number of carbonyl (C=O) groups is 1. The predicted molar refractivity (Wildman–Crippen MR) is 103 cm³/mol. The summed E-state index contributed by atoms with van der Waals surface area (Å²) < 4.78 is 6.29. The van der Waals surface area contributed by atoms with E-state index in [1.54, 1.807) is 7.11 Å². The first-order valence-corrected chi connectivity index (χ1v) is 8.70. The SMILES string of the molecule is CCNC(=NCC(=O)Nc1cc(Br)ccc1C)NCC(C)(C)OC. The fraction of sp³-hybridized carbons (Fsp3) is 0.529. The van der Waals surface area contributed by atoms with Gasteiger partial charge in [-0.3, -0.25) is 4.79 Å². The van der Waals surface area contributed by atoms with Crippen LogP contribution in [0.25, 0.3) is 0 Å². The third-order valence-electron chi connectivity index (χ3n) is 3.43. The highest BCUT2D eigenvalue weighted by Crippen LogP contribution is 2.20. The summed E-state index contributed by atoms with van der Waals surface area (Å²) in [5.41, 5.74) is 1.47. The minimum Gasteiger partial charge on any atom is -0.377 e. The van der Waals surface area contributed by atoms with Crippen LogP contribution in [-0.2, 0) is 9.53 Å². The monoisotopic (exact) mass is 398 g/mol. The maximum absolute atomic E-state index is 12.1. The van der Waals surface area contributed by atoms with Crippen molar-refractivity contribution in [3.05, 3.63) is 28.2 Å². The summed E-state index contributed by atoms with van der Waals surface area (Å²) in [7, 11) is 1.67. The van der Waals surface area contributed by atoms with Crippen LogP contribution in [0.1, 0.15) is 26.3 Å². The van der Waals surface area contributed by atoms with Crippen molar-refractivity contribution in [2.45, 2.75) is 33.3 Å². The van der Waals surface area contributed by atoms with Gasteiger partial charge in [0.05, 0.1) is 5.60 Å². The molecule has 134 valence electrons. The van der Waals surface area contributed by atoms with Gasteiger partial charge in [0.25, 0.3) is 0 Å². The second kappa shape index (κ2) is 9.64. The molecule has 0 spiro atoms. The molecule has 0 saturated carbocycles. The zero-order chi connectivity index (χ0) is 18.2. The molecule has 0 atom stereocenters. The second-order valence-electron chi connectivity index (χ2n) is 6.02. The lowest BCUT2D eigenvalue weighted by molar-refractivity contribution is -0.114. The van der Waals surface area contributed by atoms with Gasteiger partial charge in [-0.25, -0.2) is 4.99 Å². The van der Waals surface area contributed by atoms with Crippen LogP contribution >= 0.6 is 15.9 Å². The van der Waals surface area contributed by atoms with Crippen LogP contribution in [0.2, 0.25) is 0 Å². The van der Waals surface area contributed by atoms with Crippen molar-refractivity contribution < 1.29 is 9.53 Å². The van der Waals surface area contributed by atoms with Crippen molar-refractivity contribution in [1.82, 2.24) is 10.6 Å². The molecule has 0 aliphatic carbocycles. The third-order valence-corrected chi connectivity index (χ3v) is 3.93. The lowest BCUT2D eigenvalue weighted by atomic mass is 10.1. The molecule has 24 heavy (non-hydrogen) atoms. The van der Waals surface area contributed by atoms with Gasteiger partial charge >= 0.3 is 0 Å². The number of benzene rings is 1. The molecule has 1 aromatic carbocycles. The Kier molecular flexibility index (Phi) is 8.21. The maximum Gasteiger partial charge on any atom is 0.246 e. The number of ether oxygens (including phenoxy) is 1. The van der Waals surface area contributed by atoms with E-state index in [0.29, 0.717) is 19.0 Å². The smallest absolute Gasteiger partial charge is 0.246 e. The molecule has 1 amide bonds. The van der Waals surface area contributed by atoms with E-state index in [0.717, 1.165) is 15.7 Å². The molecule has 1 rings (SSSR count). The number of nitrogens with zero attached hydrogens (tertiary/aromatic N) is 1. The summed E-state index contributed by atoms with van der Waals surface area (Å²) in [6.07, 6.45) is 0. The van der Waals surface area contributed by atoms with Crippen LogP contribution in [0.3, 0.4) is 0 Å². The lowest BCUT2D eigenvalue weighted by Gasteiger charge is -2.24. The first-order valence-electron chi connectivity index (χ1n) is 7.90. The molecule has 1 aromatic rings. The van der Waals surface area contributed by atoms with Gasteiger partial charge in [0, 0.05) is 30.4 Å². The number of carbonyl (C=O) groups excluding carboxylic acids is 1. The van der Waals surface area contributed by atoms with Gasteiger partial charge in [0.15, 0.2) is 5.96 Å². The number of anilines is 1. The Hall–Kier alpha value is -1.60. The Morgan fingerprint density at radius 1 is 1.33 bits per heavy atom. The Labute approximate surface area is 152 Å². The Morgan fingerprint density at radius 3 is 2.67 bits per heavy atom. The third kappa shape index (κ3) is 7.31. The number of aliphatic imine (C=N–C) groups is 1. The first kappa shape index (κ1) is 20.4. The fourth-order valence-electron chi connectivity index (χ4n) is 1.78. The lowest BCUT2D eigenvalue weighted by Crippen LogP contribution is -2.45. The number of hydrogen-bond acceptors (Lipinski definition) is 3. The molecule has 0 bridgehead atoms. The average Bonchev–Trinajstić information content (AvgIpc) is 2.53. The number of halogens is 1. The van der Waals surface area contributed by atoms with Crippen LogP contribution < -0.4 is 16.0 Å². The molecule has 6 nitrogen and oxygen atoms in total. The van der Waals surface area contributed by atoms with Gasteiger partial charge in [0.1, 0.15) is 6.54 Å². The van der Waals surface area contributed by atoms with Crippen LogP contribution in [0.15, 0.2) is 27.7 Å². The second-order valence-corrected chi connectivity index (χ2v) is 6.94. The van der Waals surface area contributed by atoms with Crippen molar-refractivity contribution in [2.75, 3.05) is 32.1 Å². The molecule has 0 heterocycles. The quantitative estimate of drug-likeness (QED) is 0.487. The Morgan fingerprint density at radius 2 is 2.04 bits per heavy atom. The standard InChI is InChI=1S/C17H27BrN4O2/c1-6-19-16(21-11-17(3,4)24-5)20-10-15(23)22-14-9-13(18)8-7-12(14)2/h7-9H,6,10-11H2,1-5H3,(H,22,23)(H2,19,20,21). The van der Waals surface area contributed by atoms with E-state index in [4.69, 9.17) is 4.74 Å². The number of guanidine groups is 1. The normalized spacial score (nSPS) is 12.0. The zero-order valence-electron chi connectivity index (χ0n) is 15.0. The number of methoxy groups -OCH3 is 1. The molecule has 3 N–H and O–H groups in total. The van der Waals surface area contributed by atoms with Crippen molar-refractivity contribution in [1.29, 1.82) is 0 Å². The minimum atomic E-state index is -0.314. The van der Waals surface area contributed by atoms with Gasteiger partial charge in [-0.1, -0.05) is 22.0 Å². The summed E-state index contributed by atoms with van der Waals surface area (Å²) in [6, 6.07) is 5.76. The molecule has 0 fully saturated rings. The number of amides is 1. The molecule has 0 aliphatic rings. The first-order chi connectivity index (χ1) is 11.3. The number of rotatable bonds is 7. The summed E-state index contributed by atoms with van der Waals surface area (Å²) in [5, 5.41) is 9.17. The highest BCUT2D eigenvalue weighted by atomic mass is 79.9. The van der Waals surface area contributed by atoms with E-state index in [9.17, 15) is 4.79 Å². The van der Waals surface area contributed by atoms with Crippen LogP contribution in [-0.4, -0.2) is 44.2 Å². The largest absolute Gasteiger partial charge is 0.377 e. The van der Waals surface area contributed by atoms with Crippen molar-refractivity contribution in [3.8, 4) is 0 Å². The Balaban J connectivity index is 2.64. The molecular weight excluding hydrogens is 372 g/mol. The van der Waals surface area contributed by atoms with E-state index < -0.39 is 0 Å². The number of aryl methyl sites for hydroxylation is 1. The van der Waals surface area contributed by atoms with Crippen LogP contribution in [0.5, 0.6) is 0 Å². The van der Waals surface area contributed by atoms with Crippen molar-refractivity contribution in [2.24, 2.45) is 4.99 Å². The molecule has 0 radical (unpaired) electrons. The van der Waals surface area contributed by atoms with Crippen molar-refractivity contribution in [3.63, 3.8) is 0 Å². The topological polar surface area (TPSA) is 74.8 Å². The van der Waals surface area contributed by atoms with E-state index in [1.165, 1.54) is 0 Å². The molecule has 0 saturated heterocycles. The summed E-state index contributed by atoms with van der Waals surface area (Å²) >= 11 is 3.40. The zero-order valence-corrected chi connectivity index (χ0v) is 16.6. The minimum absolute atomic E-state index is 0.0364. The molecule has 0 unspecified atom stereocenters. The highest BCUT2D eigenvalue weighted by molar-refractivity contribution is 9.10. The van der Waals surface area contributed by atoms with Crippen LogP contribution in [0.4, 0.5) is 5.69 Å². The molecule has 7 heteroatoms. The van der Waals surface area contributed by atoms with E-state index >= 15 is 0 Å². The summed E-state index contributed by atoms with van der Waals surface area (Å²) in [4.78, 5) is 16.4. The van der Waals surface area contributed by atoms with Crippen molar-refractivity contribution >= 4 is 33.5 Å². The van der Waals surface area contributed by atoms with Gasteiger partial charge in [-0.05, 0) is 45.4 Å². The number of nitrogens with one attached hydrogen (secondary N) is 3. The molecule has 0 aromatic heterocycles. The summed E-state index contributed by atoms with van der Waals surface area (Å²) in [5.74, 6) is 0.420. The van der Waals surface area contributed by atoms with Gasteiger partial charge in [-0.2, -0.15) is 0 Å². The highest BCUT2D eigenvalue weighted by Gasteiger charge is 2.16. The average molecular weight is 399 g/mol. The molecular formula is C17H27BrN4O2. The van der Waals surface area contributed by atoms with E-state index in [1.807, 2.05) is 45.9 Å². The predicted octanol–water partition coefficient (Wildman–Crippen LogP) is 2.68. The van der Waals surface area contributed by atoms with Gasteiger partial charge < -0.3 is 20.7 Å². The van der Waals surface area contributed by atoms with Gasteiger partial charge in [0.2, 0.25) is 5.91 Å². The van der Waals surface area contributed by atoms with E-state index in [2.05, 4.69) is 36.9 Å². The van der Waals surface area contributed by atoms with E-state index in [-0.39, 0.29) is 18.1 Å². The maximum atomic E-state index is 12.1. The Bertz CT molecular complexity index is 588. The summed E-state index contributed by atoms with van der Waals surface area (Å²) in [6.45, 7) is 9.22. The fourth-order valence-corrected chi connectivity index (χ4v) is 2.14.